The Bertz CT molecular complexity index is 354. The Morgan fingerprint density at radius 2 is 1.82 bits per heavy atom. The molecule has 1 aromatic rings. The Balaban J connectivity index is 2.56. The van der Waals surface area contributed by atoms with Gasteiger partial charge in [-0.3, -0.25) is 0 Å². The highest BCUT2D eigenvalue weighted by molar-refractivity contribution is 9.09. The van der Waals surface area contributed by atoms with E-state index in [1.807, 2.05) is 12.1 Å². The van der Waals surface area contributed by atoms with Gasteiger partial charge in [0.05, 0.1) is 0 Å². The van der Waals surface area contributed by atoms with Crippen LogP contribution in [0.3, 0.4) is 0 Å². The van der Waals surface area contributed by atoms with E-state index in [1.165, 1.54) is 6.07 Å². The van der Waals surface area contributed by atoms with Crippen LogP contribution in [0.2, 0.25) is 0 Å². The van der Waals surface area contributed by atoms with E-state index in [1.54, 1.807) is 6.07 Å². The molecule has 0 aliphatic heterocycles. The molecule has 0 amide bonds. The second-order valence-electron chi connectivity index (χ2n) is 5.90. The van der Waals surface area contributed by atoms with Gasteiger partial charge in [-0.2, -0.15) is 0 Å². The molecule has 0 aromatic heterocycles. The maximum atomic E-state index is 13.5. The average Bonchev–Trinajstić information content (AvgIpc) is 2.20. The van der Waals surface area contributed by atoms with Crippen molar-refractivity contribution in [3.8, 4) is 0 Å². The van der Waals surface area contributed by atoms with Gasteiger partial charge in [0.1, 0.15) is 5.82 Å². The van der Waals surface area contributed by atoms with Crippen LogP contribution in [0.25, 0.3) is 0 Å². The fourth-order valence-electron chi connectivity index (χ4n) is 1.72. The number of hydrogen-bond donors (Lipinski definition) is 0. The first-order chi connectivity index (χ1) is 7.80. The van der Waals surface area contributed by atoms with Crippen molar-refractivity contribution >= 4 is 15.9 Å². The predicted octanol–water partition coefficient (Wildman–Crippen LogP) is 5.20. The fourth-order valence-corrected chi connectivity index (χ4v) is 2.63. The Hall–Kier alpha value is -0.370. The van der Waals surface area contributed by atoms with E-state index in [9.17, 15) is 4.39 Å². The summed E-state index contributed by atoms with van der Waals surface area (Å²) >= 11 is 3.68. The molecular formula is C15H22BrF. The lowest BCUT2D eigenvalue weighted by molar-refractivity contribution is 0.246. The van der Waals surface area contributed by atoms with Crippen molar-refractivity contribution in [1.82, 2.24) is 0 Å². The van der Waals surface area contributed by atoms with Crippen LogP contribution in [0, 0.1) is 17.2 Å². The lowest BCUT2D eigenvalue weighted by Crippen LogP contribution is -2.21. The summed E-state index contributed by atoms with van der Waals surface area (Å²) in [5.74, 6) is 0.513. The summed E-state index contributed by atoms with van der Waals surface area (Å²) in [6.07, 6.45) is 1.82. The second kappa shape index (κ2) is 5.99. The largest absolute Gasteiger partial charge is 0.207 e. The summed E-state index contributed by atoms with van der Waals surface area (Å²) in [7, 11) is 0. The number of hydrogen-bond acceptors (Lipinski definition) is 0. The Kier molecular flexibility index (Phi) is 5.18. The molecule has 0 spiro atoms. The molecule has 2 unspecified atom stereocenters. The monoisotopic (exact) mass is 300 g/mol. The van der Waals surface area contributed by atoms with Crippen LogP contribution in [-0.2, 0) is 6.42 Å². The van der Waals surface area contributed by atoms with Gasteiger partial charge in [0.15, 0.2) is 0 Å². The zero-order chi connectivity index (χ0) is 13.1. The number of halogens is 2. The molecule has 2 atom stereocenters. The van der Waals surface area contributed by atoms with E-state index in [4.69, 9.17) is 0 Å². The molecule has 0 heterocycles. The van der Waals surface area contributed by atoms with Crippen LogP contribution >= 0.6 is 15.9 Å². The van der Waals surface area contributed by atoms with Gasteiger partial charge in [0, 0.05) is 4.83 Å². The lowest BCUT2D eigenvalue weighted by Gasteiger charge is -2.29. The van der Waals surface area contributed by atoms with E-state index >= 15 is 0 Å². The van der Waals surface area contributed by atoms with Crippen LogP contribution < -0.4 is 0 Å². The quantitative estimate of drug-likeness (QED) is 0.670. The third-order valence-electron chi connectivity index (χ3n) is 3.49. The van der Waals surface area contributed by atoms with E-state index in [0.717, 1.165) is 18.4 Å². The molecule has 0 aliphatic carbocycles. The standard InChI is InChI=1S/C15H22BrF/c1-11(15(2,3)4)9-13(16)10-12-7-5-6-8-14(12)17/h5-8,11,13H,9-10H2,1-4H3. The molecule has 96 valence electrons. The minimum Gasteiger partial charge on any atom is -0.207 e. The van der Waals surface area contributed by atoms with Gasteiger partial charge in [-0.1, -0.05) is 61.8 Å². The number of rotatable bonds is 4. The molecule has 0 saturated carbocycles. The molecule has 0 fully saturated rings. The van der Waals surface area contributed by atoms with Crippen molar-refractivity contribution in [2.75, 3.05) is 0 Å². The normalized spacial score (nSPS) is 15.6. The van der Waals surface area contributed by atoms with Crippen LogP contribution in [0.5, 0.6) is 0 Å². The minimum absolute atomic E-state index is 0.0969. The molecule has 1 rings (SSSR count). The minimum atomic E-state index is -0.0969. The molecule has 0 saturated heterocycles. The van der Waals surface area contributed by atoms with Crippen molar-refractivity contribution < 1.29 is 4.39 Å². The summed E-state index contributed by atoms with van der Waals surface area (Å²) in [6.45, 7) is 9.01. The molecule has 17 heavy (non-hydrogen) atoms. The Labute approximate surface area is 113 Å². The highest BCUT2D eigenvalue weighted by Crippen LogP contribution is 2.31. The molecule has 0 bridgehead atoms. The summed E-state index contributed by atoms with van der Waals surface area (Å²) in [6, 6.07) is 7.03. The van der Waals surface area contributed by atoms with Crippen LogP contribution in [0.4, 0.5) is 4.39 Å². The SMILES string of the molecule is CC(CC(Br)Cc1ccccc1F)C(C)(C)C. The van der Waals surface area contributed by atoms with Crippen molar-refractivity contribution in [2.45, 2.75) is 45.4 Å². The van der Waals surface area contributed by atoms with Crippen molar-refractivity contribution in [1.29, 1.82) is 0 Å². The van der Waals surface area contributed by atoms with Crippen LogP contribution in [-0.4, -0.2) is 4.83 Å². The highest BCUT2D eigenvalue weighted by atomic mass is 79.9. The fraction of sp³-hybridized carbons (Fsp3) is 0.600. The van der Waals surface area contributed by atoms with Gasteiger partial charge in [-0.25, -0.2) is 4.39 Å². The average molecular weight is 301 g/mol. The number of benzene rings is 1. The second-order valence-corrected chi connectivity index (χ2v) is 7.19. The van der Waals surface area contributed by atoms with Crippen molar-refractivity contribution in [3.63, 3.8) is 0 Å². The Morgan fingerprint density at radius 1 is 1.24 bits per heavy atom. The molecule has 0 radical (unpaired) electrons. The lowest BCUT2D eigenvalue weighted by atomic mass is 9.79. The van der Waals surface area contributed by atoms with Gasteiger partial charge >= 0.3 is 0 Å². The van der Waals surface area contributed by atoms with Gasteiger partial charge in [-0.15, -0.1) is 0 Å². The van der Waals surface area contributed by atoms with Gasteiger partial charge in [0.25, 0.3) is 0 Å². The predicted molar refractivity (Wildman–Crippen MR) is 76.1 cm³/mol. The zero-order valence-corrected chi connectivity index (χ0v) is 12.7. The molecule has 0 nitrogen and oxygen atoms in total. The summed E-state index contributed by atoms with van der Waals surface area (Å²) in [4.78, 5) is 0.341. The highest BCUT2D eigenvalue weighted by Gasteiger charge is 2.22. The zero-order valence-electron chi connectivity index (χ0n) is 11.1. The molecule has 0 aliphatic rings. The van der Waals surface area contributed by atoms with E-state index in [2.05, 4.69) is 43.6 Å². The van der Waals surface area contributed by atoms with E-state index in [-0.39, 0.29) is 5.82 Å². The molecule has 0 N–H and O–H groups in total. The maximum absolute atomic E-state index is 13.5. The van der Waals surface area contributed by atoms with Gasteiger partial charge in [-0.05, 0) is 35.8 Å². The van der Waals surface area contributed by atoms with E-state index < -0.39 is 0 Å². The van der Waals surface area contributed by atoms with Gasteiger partial charge < -0.3 is 0 Å². The van der Waals surface area contributed by atoms with Crippen molar-refractivity contribution in [3.05, 3.63) is 35.6 Å². The maximum Gasteiger partial charge on any atom is 0.126 e. The molecule has 1 aromatic carbocycles. The van der Waals surface area contributed by atoms with Gasteiger partial charge in [0.2, 0.25) is 0 Å². The summed E-state index contributed by atoms with van der Waals surface area (Å²) in [5.41, 5.74) is 1.11. The first-order valence-electron chi connectivity index (χ1n) is 6.18. The summed E-state index contributed by atoms with van der Waals surface area (Å²) in [5, 5.41) is 0. The Morgan fingerprint density at radius 3 is 2.35 bits per heavy atom. The topological polar surface area (TPSA) is 0 Å². The first-order valence-corrected chi connectivity index (χ1v) is 7.09. The van der Waals surface area contributed by atoms with E-state index in [0.29, 0.717) is 16.2 Å². The smallest absolute Gasteiger partial charge is 0.126 e. The van der Waals surface area contributed by atoms with Crippen LogP contribution in [0.1, 0.15) is 39.7 Å². The molecular weight excluding hydrogens is 279 g/mol. The summed E-state index contributed by atoms with van der Waals surface area (Å²) < 4.78 is 13.5. The van der Waals surface area contributed by atoms with Crippen molar-refractivity contribution in [2.24, 2.45) is 11.3 Å². The molecule has 2 heteroatoms. The third kappa shape index (κ3) is 4.79. The third-order valence-corrected chi connectivity index (χ3v) is 4.18. The van der Waals surface area contributed by atoms with Crippen LogP contribution in [0.15, 0.2) is 24.3 Å². The number of alkyl halides is 1. The first kappa shape index (κ1) is 14.7.